The molecule has 0 radical (unpaired) electrons. The van der Waals surface area contributed by atoms with Crippen molar-refractivity contribution in [3.05, 3.63) is 28.9 Å². The van der Waals surface area contributed by atoms with E-state index in [1.807, 2.05) is 18.2 Å². The van der Waals surface area contributed by atoms with Crippen LogP contribution in [0.4, 0.5) is 5.82 Å². The third-order valence-electron chi connectivity index (χ3n) is 1.65. The fourth-order valence-electron chi connectivity index (χ4n) is 1.05. The second kappa shape index (κ2) is 3.27. The van der Waals surface area contributed by atoms with Gasteiger partial charge in [0.05, 0.1) is 17.2 Å². The van der Waals surface area contributed by atoms with Crippen LogP contribution in [-0.2, 0) is 0 Å². The quantitative estimate of drug-likeness (QED) is 0.587. The lowest BCUT2D eigenvalue weighted by Crippen LogP contribution is -2.08. The Balaban J connectivity index is 2.66. The fraction of sp³-hybridized carbons (Fsp3) is 0. The number of nitrogens with one attached hydrogen (secondary N) is 1. The summed E-state index contributed by atoms with van der Waals surface area (Å²) in [6.45, 7) is 0. The molecule has 13 heavy (non-hydrogen) atoms. The molecule has 0 amide bonds. The zero-order valence-electron chi connectivity index (χ0n) is 6.66. The summed E-state index contributed by atoms with van der Waals surface area (Å²) in [4.78, 5) is 8.39. The van der Waals surface area contributed by atoms with Crippen molar-refractivity contribution < 1.29 is 0 Å². The van der Waals surface area contributed by atoms with Gasteiger partial charge in [0.25, 0.3) is 0 Å². The van der Waals surface area contributed by atoms with E-state index < -0.39 is 0 Å². The first kappa shape index (κ1) is 8.40. The van der Waals surface area contributed by atoms with Gasteiger partial charge in [0.2, 0.25) is 0 Å². The number of fused-ring (bicyclic) bond motifs is 1. The second-order valence-electron chi connectivity index (χ2n) is 2.53. The molecule has 0 saturated heterocycles. The number of hydrogen-bond donors (Lipinski definition) is 2. The number of hydrazine groups is 1. The van der Waals surface area contributed by atoms with Gasteiger partial charge in [-0.25, -0.2) is 10.8 Å². The zero-order chi connectivity index (χ0) is 9.26. The molecule has 0 aliphatic carbocycles. The van der Waals surface area contributed by atoms with E-state index >= 15 is 0 Å². The Bertz CT molecular complexity index is 443. The lowest BCUT2D eigenvalue weighted by Gasteiger charge is -2.00. The molecule has 4 nitrogen and oxygen atoms in total. The molecule has 0 aliphatic rings. The summed E-state index contributed by atoms with van der Waals surface area (Å²) in [6, 6.07) is 5.70. The molecule has 1 aromatic carbocycles. The molecule has 0 saturated carbocycles. The van der Waals surface area contributed by atoms with E-state index in [1.165, 1.54) is 0 Å². The largest absolute Gasteiger partial charge is 0.307 e. The van der Waals surface area contributed by atoms with Crippen molar-refractivity contribution in [3.8, 4) is 0 Å². The average molecular weight is 239 g/mol. The van der Waals surface area contributed by atoms with Gasteiger partial charge in [-0.15, -0.1) is 0 Å². The number of aromatic nitrogens is 2. The van der Waals surface area contributed by atoms with Crippen LogP contribution in [0.25, 0.3) is 11.0 Å². The highest BCUT2D eigenvalue weighted by Gasteiger charge is 1.98. The standard InChI is InChI=1S/C8H7BrN4/c9-5-1-2-6-7(3-5)11-4-8(12-6)13-10/h1-4H,10H2,(H,12,13). The number of nitrogen functional groups attached to an aromatic ring is 1. The Kier molecular flexibility index (Phi) is 2.12. The highest BCUT2D eigenvalue weighted by atomic mass is 79.9. The van der Waals surface area contributed by atoms with Gasteiger partial charge in [-0.3, -0.25) is 4.98 Å². The Morgan fingerprint density at radius 1 is 1.31 bits per heavy atom. The first-order chi connectivity index (χ1) is 6.29. The van der Waals surface area contributed by atoms with Crippen molar-refractivity contribution in [3.63, 3.8) is 0 Å². The van der Waals surface area contributed by atoms with Crippen molar-refractivity contribution in [2.75, 3.05) is 5.43 Å². The normalized spacial score (nSPS) is 10.3. The van der Waals surface area contributed by atoms with Gasteiger partial charge in [0, 0.05) is 4.47 Å². The van der Waals surface area contributed by atoms with Gasteiger partial charge in [0.15, 0.2) is 5.82 Å². The minimum atomic E-state index is 0.565. The highest BCUT2D eigenvalue weighted by molar-refractivity contribution is 9.10. The lowest BCUT2D eigenvalue weighted by atomic mass is 10.3. The molecule has 3 N–H and O–H groups in total. The van der Waals surface area contributed by atoms with Crippen molar-refractivity contribution >= 4 is 32.8 Å². The highest BCUT2D eigenvalue weighted by Crippen LogP contribution is 2.17. The summed E-state index contributed by atoms with van der Waals surface area (Å²) < 4.78 is 0.989. The van der Waals surface area contributed by atoms with Crippen molar-refractivity contribution in [2.45, 2.75) is 0 Å². The number of halogens is 1. The van der Waals surface area contributed by atoms with Gasteiger partial charge in [-0.1, -0.05) is 15.9 Å². The van der Waals surface area contributed by atoms with E-state index in [0.717, 1.165) is 15.5 Å². The molecule has 2 rings (SSSR count). The zero-order valence-corrected chi connectivity index (χ0v) is 8.25. The molecule has 0 atom stereocenters. The van der Waals surface area contributed by atoms with Gasteiger partial charge in [0.1, 0.15) is 0 Å². The predicted octanol–water partition coefficient (Wildman–Crippen LogP) is 1.68. The predicted molar refractivity (Wildman–Crippen MR) is 55.0 cm³/mol. The van der Waals surface area contributed by atoms with Gasteiger partial charge < -0.3 is 5.43 Å². The third kappa shape index (κ3) is 1.61. The summed E-state index contributed by atoms with van der Waals surface area (Å²) in [5.74, 6) is 5.77. The van der Waals surface area contributed by atoms with Crippen LogP contribution in [0.5, 0.6) is 0 Å². The van der Waals surface area contributed by atoms with Crippen LogP contribution < -0.4 is 11.3 Å². The molecule has 0 fully saturated rings. The molecular weight excluding hydrogens is 232 g/mol. The van der Waals surface area contributed by atoms with E-state index in [1.54, 1.807) is 6.20 Å². The minimum absolute atomic E-state index is 0.565. The molecular formula is C8H7BrN4. The molecule has 1 heterocycles. The summed E-state index contributed by atoms with van der Waals surface area (Å²) >= 11 is 3.36. The topological polar surface area (TPSA) is 63.8 Å². The van der Waals surface area contributed by atoms with Crippen LogP contribution in [0.3, 0.4) is 0 Å². The van der Waals surface area contributed by atoms with Crippen molar-refractivity contribution in [1.82, 2.24) is 9.97 Å². The number of anilines is 1. The summed E-state index contributed by atoms with van der Waals surface area (Å²) in [5.41, 5.74) is 4.11. The van der Waals surface area contributed by atoms with Crippen molar-refractivity contribution in [2.24, 2.45) is 5.84 Å². The number of nitrogens with two attached hydrogens (primary N) is 1. The number of hydrogen-bond acceptors (Lipinski definition) is 4. The molecule has 0 aliphatic heterocycles. The second-order valence-corrected chi connectivity index (χ2v) is 3.45. The summed E-state index contributed by atoms with van der Waals surface area (Å²) in [5, 5.41) is 0. The van der Waals surface area contributed by atoms with Crippen LogP contribution in [0.2, 0.25) is 0 Å². The SMILES string of the molecule is NNc1cnc2cc(Br)ccc2n1. The fourth-order valence-corrected chi connectivity index (χ4v) is 1.40. The van der Waals surface area contributed by atoms with E-state index in [2.05, 4.69) is 31.3 Å². The van der Waals surface area contributed by atoms with Gasteiger partial charge in [-0.05, 0) is 18.2 Å². The van der Waals surface area contributed by atoms with Crippen molar-refractivity contribution in [1.29, 1.82) is 0 Å². The summed E-state index contributed by atoms with van der Waals surface area (Å²) in [6.07, 6.45) is 1.59. The molecule has 5 heteroatoms. The molecule has 2 aromatic rings. The first-order valence-electron chi connectivity index (χ1n) is 3.68. The maximum absolute atomic E-state index is 5.21. The monoisotopic (exact) mass is 238 g/mol. The van der Waals surface area contributed by atoms with E-state index in [-0.39, 0.29) is 0 Å². The van der Waals surface area contributed by atoms with E-state index in [4.69, 9.17) is 5.84 Å². The van der Waals surface area contributed by atoms with E-state index in [9.17, 15) is 0 Å². The van der Waals surface area contributed by atoms with Gasteiger partial charge in [-0.2, -0.15) is 0 Å². The van der Waals surface area contributed by atoms with Crippen LogP contribution >= 0.6 is 15.9 Å². The molecule has 66 valence electrons. The van der Waals surface area contributed by atoms with E-state index in [0.29, 0.717) is 5.82 Å². The van der Waals surface area contributed by atoms with Gasteiger partial charge >= 0.3 is 0 Å². The maximum atomic E-state index is 5.21. The minimum Gasteiger partial charge on any atom is -0.307 e. The molecule has 1 aromatic heterocycles. The summed E-state index contributed by atoms with van der Waals surface area (Å²) in [7, 11) is 0. The lowest BCUT2D eigenvalue weighted by molar-refractivity contribution is 1.21. The average Bonchev–Trinajstić information content (AvgIpc) is 2.17. The first-order valence-corrected chi connectivity index (χ1v) is 4.48. The number of nitrogens with zero attached hydrogens (tertiary/aromatic N) is 2. The molecule has 0 bridgehead atoms. The van der Waals surface area contributed by atoms with Crippen LogP contribution in [0, 0.1) is 0 Å². The Labute approximate surface area is 83.3 Å². The Hall–Kier alpha value is -1.20. The Morgan fingerprint density at radius 2 is 2.15 bits per heavy atom. The maximum Gasteiger partial charge on any atom is 0.159 e. The van der Waals surface area contributed by atoms with Crippen LogP contribution in [0.15, 0.2) is 28.9 Å². The molecule has 0 spiro atoms. The number of rotatable bonds is 1. The molecule has 0 unspecified atom stereocenters. The Morgan fingerprint density at radius 3 is 2.92 bits per heavy atom. The third-order valence-corrected chi connectivity index (χ3v) is 2.15. The smallest absolute Gasteiger partial charge is 0.159 e. The van der Waals surface area contributed by atoms with Crippen LogP contribution in [-0.4, -0.2) is 9.97 Å². The van der Waals surface area contributed by atoms with Crippen LogP contribution in [0.1, 0.15) is 0 Å². The number of benzene rings is 1.